The molecule has 20 heavy (non-hydrogen) atoms. The lowest BCUT2D eigenvalue weighted by atomic mass is 10.0. The second-order valence-corrected chi connectivity index (χ2v) is 5.70. The van der Waals surface area contributed by atoms with E-state index in [0.29, 0.717) is 12.6 Å². The van der Waals surface area contributed by atoms with Gasteiger partial charge in [-0.1, -0.05) is 6.07 Å². The minimum Gasteiger partial charge on any atom is -0.381 e. The summed E-state index contributed by atoms with van der Waals surface area (Å²) in [5, 5.41) is 21.5. The van der Waals surface area contributed by atoms with E-state index in [9.17, 15) is 5.26 Å². The van der Waals surface area contributed by atoms with Gasteiger partial charge in [-0.05, 0) is 31.2 Å². The van der Waals surface area contributed by atoms with Gasteiger partial charge in [0.25, 0.3) is 0 Å². The van der Waals surface area contributed by atoms with Crippen LogP contribution in [0.25, 0.3) is 0 Å². The number of hydrogen-bond donors (Lipinski definition) is 1. The van der Waals surface area contributed by atoms with Gasteiger partial charge in [0.05, 0.1) is 23.9 Å². The van der Waals surface area contributed by atoms with Gasteiger partial charge in [0, 0.05) is 24.0 Å². The first-order valence-electron chi connectivity index (χ1n) is 6.71. The summed E-state index contributed by atoms with van der Waals surface area (Å²) >= 11 is 1.60. The van der Waals surface area contributed by atoms with Gasteiger partial charge in [0.15, 0.2) is 0 Å². The molecule has 0 aromatic heterocycles. The highest BCUT2D eigenvalue weighted by atomic mass is 32.2. The lowest BCUT2D eigenvalue weighted by molar-refractivity contribution is 0.242. The molecular weight excluding hydrogens is 268 g/mol. The molecule has 1 heterocycles. The van der Waals surface area contributed by atoms with E-state index in [1.807, 2.05) is 24.5 Å². The molecule has 1 aliphatic heterocycles. The SMILES string of the molecule is CSc1cccc(NC2CCN(CC#N)CC2)c1C#N. The Morgan fingerprint density at radius 1 is 1.35 bits per heavy atom. The number of anilines is 1. The highest BCUT2D eigenvalue weighted by Crippen LogP contribution is 2.27. The Morgan fingerprint density at radius 3 is 2.70 bits per heavy atom. The number of benzene rings is 1. The maximum absolute atomic E-state index is 9.32. The Hall–Kier alpha value is -1.69. The van der Waals surface area contributed by atoms with Crippen LogP contribution in [0.2, 0.25) is 0 Å². The van der Waals surface area contributed by atoms with Crippen LogP contribution in [0.5, 0.6) is 0 Å². The maximum Gasteiger partial charge on any atom is 0.102 e. The lowest BCUT2D eigenvalue weighted by Crippen LogP contribution is -2.39. The smallest absolute Gasteiger partial charge is 0.102 e. The molecule has 1 aromatic carbocycles. The summed E-state index contributed by atoms with van der Waals surface area (Å²) in [6, 6.07) is 10.8. The second-order valence-electron chi connectivity index (χ2n) is 4.85. The monoisotopic (exact) mass is 286 g/mol. The highest BCUT2D eigenvalue weighted by Gasteiger charge is 2.19. The van der Waals surface area contributed by atoms with Gasteiger partial charge in [-0.25, -0.2) is 0 Å². The van der Waals surface area contributed by atoms with Gasteiger partial charge >= 0.3 is 0 Å². The Labute approximate surface area is 124 Å². The molecule has 0 saturated carbocycles. The number of nitrogens with one attached hydrogen (secondary N) is 1. The first kappa shape index (κ1) is 14.7. The van der Waals surface area contributed by atoms with Crippen molar-refractivity contribution in [1.29, 1.82) is 10.5 Å². The van der Waals surface area contributed by atoms with Gasteiger partial charge in [0.1, 0.15) is 6.07 Å². The summed E-state index contributed by atoms with van der Waals surface area (Å²) in [5.74, 6) is 0. The highest BCUT2D eigenvalue weighted by molar-refractivity contribution is 7.98. The molecule has 0 bridgehead atoms. The third-order valence-electron chi connectivity index (χ3n) is 3.60. The summed E-state index contributed by atoms with van der Waals surface area (Å²) in [6.45, 7) is 2.39. The molecule has 2 rings (SSSR count). The number of thioether (sulfide) groups is 1. The third kappa shape index (κ3) is 3.45. The van der Waals surface area contributed by atoms with Crippen LogP contribution in [0.1, 0.15) is 18.4 Å². The molecule has 1 aromatic rings. The zero-order chi connectivity index (χ0) is 14.4. The number of rotatable bonds is 4. The van der Waals surface area contributed by atoms with E-state index < -0.39 is 0 Å². The van der Waals surface area contributed by atoms with Crippen molar-refractivity contribution in [2.24, 2.45) is 0 Å². The number of hydrogen-bond acceptors (Lipinski definition) is 5. The van der Waals surface area contributed by atoms with Crippen LogP contribution in [-0.4, -0.2) is 36.8 Å². The molecule has 0 spiro atoms. The van der Waals surface area contributed by atoms with Crippen molar-refractivity contribution in [3.63, 3.8) is 0 Å². The van der Waals surface area contributed by atoms with Crippen LogP contribution in [0.4, 0.5) is 5.69 Å². The Balaban J connectivity index is 2.02. The lowest BCUT2D eigenvalue weighted by Gasteiger charge is -2.31. The van der Waals surface area contributed by atoms with Crippen molar-refractivity contribution in [2.45, 2.75) is 23.8 Å². The van der Waals surface area contributed by atoms with E-state index in [2.05, 4.69) is 22.4 Å². The summed E-state index contributed by atoms with van der Waals surface area (Å²) < 4.78 is 0. The van der Waals surface area contributed by atoms with E-state index >= 15 is 0 Å². The van der Waals surface area contributed by atoms with Crippen molar-refractivity contribution in [3.05, 3.63) is 23.8 Å². The summed E-state index contributed by atoms with van der Waals surface area (Å²) in [5.41, 5.74) is 1.66. The molecular formula is C15H18N4S. The molecule has 0 amide bonds. The number of piperidine rings is 1. The number of likely N-dealkylation sites (tertiary alicyclic amines) is 1. The molecule has 0 aliphatic carbocycles. The molecule has 0 unspecified atom stereocenters. The fourth-order valence-corrected chi connectivity index (χ4v) is 3.07. The maximum atomic E-state index is 9.32. The molecule has 1 saturated heterocycles. The number of nitriles is 2. The summed E-state index contributed by atoms with van der Waals surface area (Å²) in [6.07, 6.45) is 4.01. The Morgan fingerprint density at radius 2 is 2.10 bits per heavy atom. The Kier molecular flexibility index (Phi) is 5.29. The van der Waals surface area contributed by atoms with Crippen molar-refractivity contribution in [1.82, 2.24) is 4.90 Å². The van der Waals surface area contributed by atoms with Crippen molar-refractivity contribution in [3.8, 4) is 12.1 Å². The molecule has 1 N–H and O–H groups in total. The standard InChI is InChI=1S/C15H18N4S/c1-20-15-4-2-3-14(13(15)11-17)18-12-5-8-19(9-6-12)10-7-16/h2-4,12,18H,5-6,8-10H2,1H3. The molecule has 0 radical (unpaired) electrons. The first-order chi connectivity index (χ1) is 9.78. The van der Waals surface area contributed by atoms with E-state index in [4.69, 9.17) is 5.26 Å². The normalized spacial score (nSPS) is 16.4. The van der Waals surface area contributed by atoms with E-state index in [-0.39, 0.29) is 0 Å². The van der Waals surface area contributed by atoms with Gasteiger partial charge in [0.2, 0.25) is 0 Å². The topological polar surface area (TPSA) is 62.9 Å². The molecule has 5 heteroatoms. The quantitative estimate of drug-likeness (QED) is 0.681. The zero-order valence-corrected chi connectivity index (χ0v) is 12.4. The largest absolute Gasteiger partial charge is 0.381 e. The van der Waals surface area contributed by atoms with Gasteiger partial charge < -0.3 is 5.32 Å². The van der Waals surface area contributed by atoms with Crippen LogP contribution in [0.15, 0.2) is 23.1 Å². The minimum atomic E-state index is 0.383. The first-order valence-corrected chi connectivity index (χ1v) is 7.94. The average Bonchev–Trinajstić information content (AvgIpc) is 2.49. The predicted octanol–water partition coefficient (Wildman–Crippen LogP) is 2.68. The van der Waals surface area contributed by atoms with Crippen LogP contribution in [0, 0.1) is 22.7 Å². The minimum absolute atomic E-state index is 0.383. The van der Waals surface area contributed by atoms with Crippen molar-refractivity contribution < 1.29 is 0 Å². The third-order valence-corrected chi connectivity index (χ3v) is 4.38. The molecule has 104 valence electrons. The van der Waals surface area contributed by atoms with Gasteiger partial charge in [-0.15, -0.1) is 11.8 Å². The summed E-state index contributed by atoms with van der Waals surface area (Å²) in [7, 11) is 0. The molecule has 1 fully saturated rings. The second kappa shape index (κ2) is 7.19. The fourth-order valence-electron chi connectivity index (χ4n) is 2.49. The van der Waals surface area contributed by atoms with Crippen LogP contribution >= 0.6 is 11.8 Å². The summed E-state index contributed by atoms with van der Waals surface area (Å²) in [4.78, 5) is 3.18. The van der Waals surface area contributed by atoms with Gasteiger partial charge in [-0.3, -0.25) is 4.90 Å². The van der Waals surface area contributed by atoms with E-state index in [1.165, 1.54) is 0 Å². The number of nitrogens with zero attached hydrogens (tertiary/aromatic N) is 3. The zero-order valence-electron chi connectivity index (χ0n) is 11.6. The van der Waals surface area contributed by atoms with Crippen molar-refractivity contribution >= 4 is 17.4 Å². The molecule has 1 aliphatic rings. The van der Waals surface area contributed by atoms with Crippen LogP contribution in [-0.2, 0) is 0 Å². The van der Waals surface area contributed by atoms with Gasteiger partial charge in [-0.2, -0.15) is 10.5 Å². The average molecular weight is 286 g/mol. The van der Waals surface area contributed by atoms with E-state index in [1.54, 1.807) is 11.8 Å². The van der Waals surface area contributed by atoms with Crippen LogP contribution < -0.4 is 5.32 Å². The fraction of sp³-hybridized carbons (Fsp3) is 0.467. The van der Waals surface area contributed by atoms with Crippen molar-refractivity contribution in [2.75, 3.05) is 31.2 Å². The molecule has 4 nitrogen and oxygen atoms in total. The predicted molar refractivity (Wildman–Crippen MR) is 81.6 cm³/mol. The van der Waals surface area contributed by atoms with Crippen LogP contribution in [0.3, 0.4) is 0 Å². The Bertz CT molecular complexity index is 536. The van der Waals surface area contributed by atoms with E-state index in [0.717, 1.165) is 42.1 Å². The molecule has 0 atom stereocenters.